The molecular weight excluding hydrogens is 273 g/mol. The number of carbonyl (C=O) groups is 1. The Morgan fingerprint density at radius 3 is 2.57 bits per heavy atom. The predicted molar refractivity (Wildman–Crippen MR) is 78.1 cm³/mol. The molecule has 0 aliphatic heterocycles. The number of ether oxygens (including phenoxy) is 2. The molecule has 0 heterocycles. The quantitative estimate of drug-likeness (QED) is 0.888. The number of nitrogens with one attached hydrogen (secondary N) is 1. The van der Waals surface area contributed by atoms with Gasteiger partial charge in [-0.05, 0) is 43.3 Å². The van der Waals surface area contributed by atoms with Crippen LogP contribution in [0.25, 0.3) is 0 Å². The molecular formula is C16H16FNO3. The van der Waals surface area contributed by atoms with Gasteiger partial charge in [-0.1, -0.05) is 6.07 Å². The molecule has 0 bridgehead atoms. The Morgan fingerprint density at radius 2 is 1.86 bits per heavy atom. The first-order chi connectivity index (χ1) is 10.2. The maximum atomic E-state index is 12.7. The van der Waals surface area contributed by atoms with Gasteiger partial charge in [-0.25, -0.2) is 4.39 Å². The lowest BCUT2D eigenvalue weighted by atomic mass is 10.3. The Balaban J connectivity index is 1.86. The van der Waals surface area contributed by atoms with Crippen LogP contribution in [0.3, 0.4) is 0 Å². The van der Waals surface area contributed by atoms with Gasteiger partial charge in [-0.15, -0.1) is 0 Å². The van der Waals surface area contributed by atoms with E-state index in [0.29, 0.717) is 23.8 Å². The van der Waals surface area contributed by atoms with E-state index < -0.39 is 0 Å². The van der Waals surface area contributed by atoms with E-state index in [0.717, 1.165) is 0 Å². The van der Waals surface area contributed by atoms with Crippen molar-refractivity contribution in [3.8, 4) is 11.5 Å². The zero-order valence-electron chi connectivity index (χ0n) is 11.6. The lowest BCUT2D eigenvalue weighted by molar-refractivity contribution is -0.118. The van der Waals surface area contributed by atoms with Crippen LogP contribution < -0.4 is 14.8 Å². The molecule has 0 saturated heterocycles. The normalized spacial score (nSPS) is 10.0. The highest BCUT2D eigenvalue weighted by atomic mass is 19.1. The van der Waals surface area contributed by atoms with Crippen molar-refractivity contribution >= 4 is 11.6 Å². The second-order valence-corrected chi connectivity index (χ2v) is 4.25. The fourth-order valence-electron chi connectivity index (χ4n) is 1.71. The topological polar surface area (TPSA) is 47.6 Å². The van der Waals surface area contributed by atoms with Gasteiger partial charge >= 0.3 is 0 Å². The number of halogens is 1. The first kappa shape index (κ1) is 14.8. The minimum atomic E-state index is -0.348. The summed E-state index contributed by atoms with van der Waals surface area (Å²) in [7, 11) is 0. The van der Waals surface area contributed by atoms with Gasteiger partial charge in [0.1, 0.15) is 17.3 Å². The van der Waals surface area contributed by atoms with Crippen molar-refractivity contribution in [2.24, 2.45) is 0 Å². The molecule has 1 N–H and O–H groups in total. The zero-order chi connectivity index (χ0) is 15.1. The Labute approximate surface area is 122 Å². The molecule has 2 aromatic carbocycles. The summed E-state index contributed by atoms with van der Waals surface area (Å²) < 4.78 is 23.3. The van der Waals surface area contributed by atoms with Crippen molar-refractivity contribution < 1.29 is 18.7 Å². The van der Waals surface area contributed by atoms with E-state index in [1.54, 1.807) is 18.2 Å². The van der Waals surface area contributed by atoms with Crippen LogP contribution in [0.5, 0.6) is 11.5 Å². The minimum Gasteiger partial charge on any atom is -0.494 e. The summed E-state index contributed by atoms with van der Waals surface area (Å²) in [5, 5.41) is 2.70. The third-order valence-corrected chi connectivity index (χ3v) is 2.61. The van der Waals surface area contributed by atoms with Crippen molar-refractivity contribution in [1.29, 1.82) is 0 Å². The van der Waals surface area contributed by atoms with E-state index in [-0.39, 0.29) is 18.3 Å². The van der Waals surface area contributed by atoms with Gasteiger partial charge in [0.25, 0.3) is 5.91 Å². The Kier molecular flexibility index (Phi) is 5.15. The molecule has 0 aliphatic carbocycles. The minimum absolute atomic E-state index is 0.148. The fourth-order valence-corrected chi connectivity index (χ4v) is 1.71. The van der Waals surface area contributed by atoms with Crippen LogP contribution in [0.1, 0.15) is 6.92 Å². The zero-order valence-corrected chi connectivity index (χ0v) is 11.6. The summed E-state index contributed by atoms with van der Waals surface area (Å²) >= 11 is 0. The van der Waals surface area contributed by atoms with Crippen LogP contribution in [0.2, 0.25) is 0 Å². The third-order valence-electron chi connectivity index (χ3n) is 2.61. The number of hydrogen-bond acceptors (Lipinski definition) is 3. The van der Waals surface area contributed by atoms with Crippen LogP contribution in [0.15, 0.2) is 48.5 Å². The fraction of sp³-hybridized carbons (Fsp3) is 0.188. The van der Waals surface area contributed by atoms with Gasteiger partial charge in [-0.2, -0.15) is 0 Å². The first-order valence-electron chi connectivity index (χ1n) is 6.58. The van der Waals surface area contributed by atoms with Crippen molar-refractivity contribution in [2.45, 2.75) is 6.92 Å². The molecule has 0 unspecified atom stereocenters. The molecule has 5 heteroatoms. The molecule has 0 aromatic heterocycles. The molecule has 1 amide bonds. The van der Waals surface area contributed by atoms with Gasteiger partial charge in [0.05, 0.1) is 6.61 Å². The maximum absolute atomic E-state index is 12.7. The third kappa shape index (κ3) is 4.80. The number of benzene rings is 2. The molecule has 2 rings (SSSR count). The van der Waals surface area contributed by atoms with Crippen LogP contribution >= 0.6 is 0 Å². The average Bonchev–Trinajstić information content (AvgIpc) is 2.47. The van der Waals surface area contributed by atoms with Crippen LogP contribution in [0, 0.1) is 5.82 Å². The summed E-state index contributed by atoms with van der Waals surface area (Å²) in [5.41, 5.74) is 0.633. The number of anilines is 1. The standard InChI is InChI=1S/C16H16FNO3/c1-2-20-15-5-3-4-13(10-15)18-16(19)11-21-14-8-6-12(17)7-9-14/h3-10H,2,11H2,1H3,(H,18,19). The molecule has 0 aliphatic rings. The monoisotopic (exact) mass is 289 g/mol. The highest BCUT2D eigenvalue weighted by Crippen LogP contribution is 2.17. The lowest BCUT2D eigenvalue weighted by Gasteiger charge is -2.09. The van der Waals surface area contributed by atoms with Gasteiger partial charge in [-0.3, -0.25) is 4.79 Å². The molecule has 0 radical (unpaired) electrons. The number of carbonyl (C=O) groups excluding carboxylic acids is 1. The highest BCUT2D eigenvalue weighted by Gasteiger charge is 2.05. The summed E-state index contributed by atoms with van der Waals surface area (Å²) in [6, 6.07) is 12.6. The molecule has 0 atom stereocenters. The number of rotatable bonds is 6. The lowest BCUT2D eigenvalue weighted by Crippen LogP contribution is -2.20. The van der Waals surface area contributed by atoms with Gasteiger partial charge < -0.3 is 14.8 Å². The van der Waals surface area contributed by atoms with Crippen LogP contribution in [0.4, 0.5) is 10.1 Å². The number of hydrogen-bond donors (Lipinski definition) is 1. The van der Waals surface area contributed by atoms with Crippen molar-refractivity contribution in [3.63, 3.8) is 0 Å². The second-order valence-electron chi connectivity index (χ2n) is 4.25. The summed E-state index contributed by atoms with van der Waals surface area (Å²) in [6.45, 7) is 2.30. The Morgan fingerprint density at radius 1 is 1.10 bits per heavy atom. The van der Waals surface area contributed by atoms with E-state index in [9.17, 15) is 9.18 Å². The van der Waals surface area contributed by atoms with Crippen molar-refractivity contribution in [1.82, 2.24) is 0 Å². The van der Waals surface area contributed by atoms with E-state index in [4.69, 9.17) is 9.47 Å². The van der Waals surface area contributed by atoms with Crippen LogP contribution in [-0.2, 0) is 4.79 Å². The molecule has 21 heavy (non-hydrogen) atoms. The molecule has 0 saturated carbocycles. The summed E-state index contributed by atoms with van der Waals surface area (Å²) in [4.78, 5) is 11.8. The first-order valence-corrected chi connectivity index (χ1v) is 6.58. The van der Waals surface area contributed by atoms with Crippen LogP contribution in [-0.4, -0.2) is 19.1 Å². The molecule has 110 valence electrons. The SMILES string of the molecule is CCOc1cccc(NC(=O)COc2ccc(F)cc2)c1. The van der Waals surface area contributed by atoms with Crippen molar-refractivity contribution in [3.05, 3.63) is 54.3 Å². The average molecular weight is 289 g/mol. The number of amides is 1. The van der Waals surface area contributed by atoms with Gasteiger partial charge in [0, 0.05) is 11.8 Å². The largest absolute Gasteiger partial charge is 0.494 e. The highest BCUT2D eigenvalue weighted by molar-refractivity contribution is 5.92. The van der Waals surface area contributed by atoms with E-state index in [1.807, 2.05) is 13.0 Å². The second kappa shape index (κ2) is 7.28. The van der Waals surface area contributed by atoms with Crippen molar-refractivity contribution in [2.75, 3.05) is 18.5 Å². The van der Waals surface area contributed by atoms with E-state index >= 15 is 0 Å². The Hall–Kier alpha value is -2.56. The summed E-state index contributed by atoms with van der Waals surface area (Å²) in [6.07, 6.45) is 0. The molecule has 0 spiro atoms. The van der Waals surface area contributed by atoms with E-state index in [2.05, 4.69) is 5.32 Å². The van der Waals surface area contributed by atoms with Gasteiger partial charge in [0.15, 0.2) is 6.61 Å². The van der Waals surface area contributed by atoms with E-state index in [1.165, 1.54) is 24.3 Å². The summed E-state index contributed by atoms with van der Waals surface area (Å²) in [5.74, 6) is 0.483. The van der Waals surface area contributed by atoms with Gasteiger partial charge in [0.2, 0.25) is 0 Å². The predicted octanol–water partition coefficient (Wildman–Crippen LogP) is 3.24. The molecule has 2 aromatic rings. The molecule has 4 nitrogen and oxygen atoms in total. The molecule has 0 fully saturated rings. The maximum Gasteiger partial charge on any atom is 0.262 e. The smallest absolute Gasteiger partial charge is 0.262 e. The Bertz CT molecular complexity index is 599.